The summed E-state index contributed by atoms with van der Waals surface area (Å²) in [5.41, 5.74) is 1.30. The van der Waals surface area contributed by atoms with Gasteiger partial charge in [-0.3, -0.25) is 0 Å². The van der Waals surface area contributed by atoms with Crippen LogP contribution in [0.15, 0.2) is 48.5 Å². The maximum absolute atomic E-state index is 12.8. The van der Waals surface area contributed by atoms with E-state index in [0.717, 1.165) is 0 Å². The van der Waals surface area contributed by atoms with Crippen LogP contribution < -0.4 is 0 Å². The van der Waals surface area contributed by atoms with E-state index in [1.54, 1.807) is 24.3 Å². The average molecular weight is 214 g/mol. The van der Waals surface area contributed by atoms with E-state index >= 15 is 0 Å². The molecule has 0 nitrogen and oxygen atoms in total. The van der Waals surface area contributed by atoms with Crippen molar-refractivity contribution in [3.63, 3.8) is 0 Å². The van der Waals surface area contributed by atoms with Crippen LogP contribution in [0.4, 0.5) is 8.78 Å². The Balaban J connectivity index is 2.25. The third-order valence-electron chi connectivity index (χ3n) is 2.02. The zero-order valence-corrected chi connectivity index (χ0v) is 8.37. The molecule has 0 aliphatic rings. The highest BCUT2D eigenvalue weighted by Crippen LogP contribution is 2.03. The van der Waals surface area contributed by atoms with Crippen molar-refractivity contribution in [2.75, 3.05) is 0 Å². The van der Waals surface area contributed by atoms with Crippen LogP contribution in [0.5, 0.6) is 0 Å². The van der Waals surface area contributed by atoms with E-state index in [9.17, 15) is 8.78 Å². The second-order valence-electron chi connectivity index (χ2n) is 3.27. The number of rotatable bonds is 0. The Hall–Kier alpha value is -2.14. The fraction of sp³-hybridized carbons (Fsp3) is 0. The molecule has 0 amide bonds. The number of hydrogen-bond donors (Lipinski definition) is 0. The summed E-state index contributed by atoms with van der Waals surface area (Å²) in [6, 6.07) is 11.9. The lowest BCUT2D eigenvalue weighted by molar-refractivity contribution is 0.627. The second-order valence-corrected chi connectivity index (χ2v) is 3.27. The Morgan fingerprint density at radius 2 is 1.38 bits per heavy atom. The van der Waals surface area contributed by atoms with Crippen LogP contribution in [0.2, 0.25) is 0 Å². The van der Waals surface area contributed by atoms with Crippen molar-refractivity contribution in [2.45, 2.75) is 0 Å². The number of hydrogen-bond acceptors (Lipinski definition) is 0. The van der Waals surface area contributed by atoms with Gasteiger partial charge in [0.05, 0.1) is 0 Å². The molecule has 0 spiro atoms. The van der Waals surface area contributed by atoms with Gasteiger partial charge in [0.1, 0.15) is 11.6 Å². The van der Waals surface area contributed by atoms with Gasteiger partial charge in [0, 0.05) is 11.1 Å². The largest absolute Gasteiger partial charge is 0.207 e. The lowest BCUT2D eigenvalue weighted by atomic mass is 10.2. The summed E-state index contributed by atoms with van der Waals surface area (Å²) in [7, 11) is 0. The molecule has 0 bridgehead atoms. The summed E-state index contributed by atoms with van der Waals surface area (Å²) in [5, 5.41) is 0. The van der Waals surface area contributed by atoms with Gasteiger partial charge < -0.3 is 0 Å². The first-order valence-corrected chi connectivity index (χ1v) is 4.77. The highest BCUT2D eigenvalue weighted by atomic mass is 19.1. The van der Waals surface area contributed by atoms with Gasteiger partial charge in [-0.2, -0.15) is 0 Å². The predicted molar refractivity (Wildman–Crippen MR) is 58.8 cm³/mol. The molecule has 2 aromatic carbocycles. The SMILES string of the molecule is Fc1ccc(C#Cc2cccc(F)c2)cc1. The Morgan fingerprint density at radius 1 is 0.688 bits per heavy atom. The van der Waals surface area contributed by atoms with Crippen LogP contribution in [0.25, 0.3) is 0 Å². The van der Waals surface area contributed by atoms with Crippen LogP contribution in [-0.4, -0.2) is 0 Å². The molecule has 0 radical (unpaired) electrons. The molecule has 78 valence electrons. The van der Waals surface area contributed by atoms with E-state index in [-0.39, 0.29) is 11.6 Å². The van der Waals surface area contributed by atoms with Crippen molar-refractivity contribution in [3.8, 4) is 11.8 Å². The first-order valence-electron chi connectivity index (χ1n) is 4.77. The van der Waals surface area contributed by atoms with Gasteiger partial charge in [-0.25, -0.2) is 8.78 Å². The molecule has 0 heterocycles. The minimum Gasteiger partial charge on any atom is -0.207 e. The maximum Gasteiger partial charge on any atom is 0.124 e. The molecule has 0 unspecified atom stereocenters. The summed E-state index contributed by atoms with van der Waals surface area (Å²) >= 11 is 0. The van der Waals surface area contributed by atoms with Crippen LogP contribution in [0.3, 0.4) is 0 Å². The number of benzene rings is 2. The quantitative estimate of drug-likeness (QED) is 0.590. The van der Waals surface area contributed by atoms with E-state index in [0.29, 0.717) is 11.1 Å². The third-order valence-corrected chi connectivity index (χ3v) is 2.02. The van der Waals surface area contributed by atoms with Gasteiger partial charge in [0.15, 0.2) is 0 Å². The second kappa shape index (κ2) is 4.59. The lowest BCUT2D eigenvalue weighted by Crippen LogP contribution is -1.79. The van der Waals surface area contributed by atoms with Crippen molar-refractivity contribution in [3.05, 3.63) is 71.3 Å². The maximum atomic E-state index is 12.8. The molecule has 2 heteroatoms. The van der Waals surface area contributed by atoms with E-state index in [4.69, 9.17) is 0 Å². The zero-order chi connectivity index (χ0) is 11.4. The highest BCUT2D eigenvalue weighted by Gasteiger charge is 1.91. The van der Waals surface area contributed by atoms with Crippen LogP contribution >= 0.6 is 0 Å². The molecule has 2 aromatic rings. The smallest absolute Gasteiger partial charge is 0.124 e. The van der Waals surface area contributed by atoms with Crippen molar-refractivity contribution in [1.29, 1.82) is 0 Å². The molecule has 0 atom stereocenters. The normalized spacial score (nSPS) is 9.38. The van der Waals surface area contributed by atoms with E-state index in [2.05, 4.69) is 11.8 Å². The van der Waals surface area contributed by atoms with Gasteiger partial charge in [-0.05, 0) is 42.5 Å². The van der Waals surface area contributed by atoms with Crippen molar-refractivity contribution >= 4 is 0 Å². The zero-order valence-electron chi connectivity index (χ0n) is 8.37. The minimum atomic E-state index is -0.314. The molecular weight excluding hydrogens is 206 g/mol. The molecule has 2 rings (SSSR count). The Labute approximate surface area is 92.5 Å². The Morgan fingerprint density at radius 3 is 2.06 bits per heavy atom. The third kappa shape index (κ3) is 2.68. The topological polar surface area (TPSA) is 0 Å². The van der Waals surface area contributed by atoms with Crippen molar-refractivity contribution in [1.82, 2.24) is 0 Å². The summed E-state index contributed by atoms with van der Waals surface area (Å²) in [6.07, 6.45) is 0. The highest BCUT2D eigenvalue weighted by molar-refractivity contribution is 5.42. The van der Waals surface area contributed by atoms with E-state index < -0.39 is 0 Å². The standard InChI is InChI=1S/C14H8F2/c15-13-8-6-11(7-9-13)4-5-12-2-1-3-14(16)10-12/h1-3,6-10H. The predicted octanol–water partition coefficient (Wildman–Crippen LogP) is 3.36. The molecule has 0 aliphatic heterocycles. The summed E-state index contributed by atoms with van der Waals surface area (Å²) in [6.45, 7) is 0. The molecule has 0 N–H and O–H groups in total. The van der Waals surface area contributed by atoms with Gasteiger partial charge >= 0.3 is 0 Å². The monoisotopic (exact) mass is 214 g/mol. The van der Waals surface area contributed by atoms with Gasteiger partial charge in [-0.1, -0.05) is 17.9 Å². The van der Waals surface area contributed by atoms with Gasteiger partial charge in [0.2, 0.25) is 0 Å². The molecule has 0 fully saturated rings. The average Bonchev–Trinajstić information content (AvgIpc) is 2.28. The van der Waals surface area contributed by atoms with Crippen LogP contribution in [0.1, 0.15) is 11.1 Å². The first-order chi connectivity index (χ1) is 7.74. The summed E-state index contributed by atoms with van der Waals surface area (Å²) in [4.78, 5) is 0. The van der Waals surface area contributed by atoms with E-state index in [1.807, 2.05) is 0 Å². The lowest BCUT2D eigenvalue weighted by Gasteiger charge is -1.91. The van der Waals surface area contributed by atoms with Crippen molar-refractivity contribution < 1.29 is 8.78 Å². The summed E-state index contributed by atoms with van der Waals surface area (Å²) in [5.74, 6) is 5.03. The Bertz CT molecular complexity index is 545. The fourth-order valence-electron chi connectivity index (χ4n) is 1.24. The van der Waals surface area contributed by atoms with Crippen LogP contribution in [0, 0.1) is 23.5 Å². The fourth-order valence-corrected chi connectivity index (χ4v) is 1.24. The molecule has 0 saturated carbocycles. The Kier molecular flexibility index (Phi) is 2.98. The van der Waals surface area contributed by atoms with Crippen LogP contribution in [-0.2, 0) is 0 Å². The van der Waals surface area contributed by atoms with Gasteiger partial charge in [0.25, 0.3) is 0 Å². The molecule has 16 heavy (non-hydrogen) atoms. The molecule has 0 aromatic heterocycles. The van der Waals surface area contributed by atoms with Crippen molar-refractivity contribution in [2.24, 2.45) is 0 Å². The number of halogens is 2. The molecule has 0 aliphatic carbocycles. The minimum absolute atomic E-state index is 0.295. The van der Waals surface area contributed by atoms with Gasteiger partial charge in [-0.15, -0.1) is 0 Å². The van der Waals surface area contributed by atoms with E-state index in [1.165, 1.54) is 24.3 Å². The molecule has 0 saturated heterocycles. The summed E-state index contributed by atoms with van der Waals surface area (Å²) < 4.78 is 25.4. The molecular formula is C14H8F2. The first kappa shape index (κ1) is 10.4.